The minimum Gasteiger partial charge on any atom is -0.461 e. The predicted octanol–water partition coefficient (Wildman–Crippen LogP) is 3.03. The summed E-state index contributed by atoms with van der Waals surface area (Å²) in [5, 5.41) is 9.66. The molecule has 2 aliphatic heterocycles. The van der Waals surface area contributed by atoms with Crippen LogP contribution in [0.4, 0.5) is 0 Å². The van der Waals surface area contributed by atoms with Crippen LogP contribution in [0.25, 0.3) is 0 Å². The number of hydrogen-bond acceptors (Lipinski definition) is 5. The van der Waals surface area contributed by atoms with Crippen LogP contribution in [0, 0.1) is 16.7 Å². The van der Waals surface area contributed by atoms with Crippen molar-refractivity contribution in [3.63, 3.8) is 0 Å². The van der Waals surface area contributed by atoms with Gasteiger partial charge in [0, 0.05) is 5.92 Å². The second kappa shape index (κ2) is 7.51. The molecule has 2 heterocycles. The highest BCUT2D eigenvalue weighted by Crippen LogP contribution is 2.41. The zero-order chi connectivity index (χ0) is 18.7. The first-order chi connectivity index (χ1) is 11.1. The molecule has 2 saturated heterocycles. The molecule has 0 amide bonds. The monoisotopic (exact) mass is 338 g/mol. The molecule has 0 radical (unpaired) electrons. The summed E-state index contributed by atoms with van der Waals surface area (Å²) in [7, 11) is 0. The fourth-order valence-electron chi connectivity index (χ4n) is 2.99. The van der Waals surface area contributed by atoms with Crippen molar-refractivity contribution in [2.45, 2.75) is 65.8 Å². The van der Waals surface area contributed by atoms with Crippen LogP contribution in [0.3, 0.4) is 0 Å². The number of carbonyl (C=O) groups is 2. The Kier molecular flexibility index (Phi) is 6.39. The number of aliphatic hydroxyl groups excluding tert-OH is 1. The van der Waals surface area contributed by atoms with Crippen LogP contribution in [-0.2, 0) is 19.1 Å². The molecule has 2 aliphatic rings. The van der Waals surface area contributed by atoms with E-state index in [1.165, 1.54) is 6.08 Å². The molecule has 2 fully saturated rings. The fourth-order valence-corrected chi connectivity index (χ4v) is 2.99. The van der Waals surface area contributed by atoms with Crippen LogP contribution in [-0.4, -0.2) is 35.4 Å². The highest BCUT2D eigenvalue weighted by molar-refractivity contribution is 5.82. The summed E-state index contributed by atoms with van der Waals surface area (Å²) in [6, 6.07) is 0. The first-order valence-corrected chi connectivity index (χ1v) is 8.49. The number of cyclic esters (lactones) is 2. The number of aliphatic hydroxyl groups is 1. The van der Waals surface area contributed by atoms with E-state index in [0.29, 0.717) is 6.42 Å². The Bertz CT molecular complexity index is 468. The highest BCUT2D eigenvalue weighted by atomic mass is 16.6. The minimum absolute atomic E-state index is 0.0699. The molecule has 0 spiro atoms. The molecular formula is C19H30O5. The smallest absolute Gasteiger partial charge is 0.318 e. The summed E-state index contributed by atoms with van der Waals surface area (Å²) in [5.41, 5.74) is -1.39. The van der Waals surface area contributed by atoms with Gasteiger partial charge in [0.15, 0.2) is 0 Å². The third kappa shape index (κ3) is 3.27. The van der Waals surface area contributed by atoms with E-state index in [9.17, 15) is 14.7 Å². The van der Waals surface area contributed by atoms with Gasteiger partial charge in [-0.1, -0.05) is 32.9 Å². The van der Waals surface area contributed by atoms with Crippen molar-refractivity contribution in [1.82, 2.24) is 0 Å². The van der Waals surface area contributed by atoms with Crippen molar-refractivity contribution in [3.8, 4) is 0 Å². The summed E-state index contributed by atoms with van der Waals surface area (Å²) in [5.74, 6) is -0.263. The number of rotatable bonds is 4. The zero-order valence-corrected chi connectivity index (χ0v) is 15.4. The molecule has 136 valence electrons. The quantitative estimate of drug-likeness (QED) is 0.630. The Balaban J connectivity index is 0.000000240. The zero-order valence-electron chi connectivity index (χ0n) is 15.4. The first kappa shape index (κ1) is 20.4. The highest BCUT2D eigenvalue weighted by Gasteiger charge is 2.51. The molecular weight excluding hydrogens is 308 g/mol. The molecule has 0 bridgehead atoms. The third-order valence-electron chi connectivity index (χ3n) is 5.52. The van der Waals surface area contributed by atoms with Gasteiger partial charge in [0.25, 0.3) is 0 Å². The van der Waals surface area contributed by atoms with E-state index < -0.39 is 16.9 Å². The van der Waals surface area contributed by atoms with Gasteiger partial charge in [-0.25, -0.2) is 0 Å². The summed E-state index contributed by atoms with van der Waals surface area (Å²) < 4.78 is 10.2. The number of hydrogen-bond donors (Lipinski definition) is 1. The second-order valence-electron chi connectivity index (χ2n) is 6.91. The predicted molar refractivity (Wildman–Crippen MR) is 92.1 cm³/mol. The van der Waals surface area contributed by atoms with E-state index in [1.807, 2.05) is 27.7 Å². The number of ether oxygens (including phenoxy) is 2. The lowest BCUT2D eigenvalue weighted by Gasteiger charge is -2.20. The molecule has 0 saturated carbocycles. The fraction of sp³-hybridized carbons (Fsp3) is 0.684. The molecule has 0 aliphatic carbocycles. The molecule has 2 rings (SSSR count). The molecule has 0 aromatic carbocycles. The normalized spacial score (nSPS) is 41.1. The van der Waals surface area contributed by atoms with Crippen LogP contribution in [0.5, 0.6) is 0 Å². The lowest BCUT2D eigenvalue weighted by molar-refractivity contribution is -0.147. The van der Waals surface area contributed by atoms with E-state index in [1.54, 1.807) is 13.0 Å². The van der Waals surface area contributed by atoms with Gasteiger partial charge in [-0.15, -0.1) is 13.2 Å². The van der Waals surface area contributed by atoms with Gasteiger partial charge in [-0.2, -0.15) is 0 Å². The van der Waals surface area contributed by atoms with Crippen LogP contribution in [0.15, 0.2) is 25.3 Å². The molecule has 0 unspecified atom stereocenters. The van der Waals surface area contributed by atoms with Crippen molar-refractivity contribution in [3.05, 3.63) is 25.3 Å². The Labute approximate surface area is 144 Å². The lowest BCUT2D eigenvalue weighted by Crippen LogP contribution is -2.34. The van der Waals surface area contributed by atoms with E-state index in [-0.39, 0.29) is 30.1 Å². The average molecular weight is 338 g/mol. The maximum absolute atomic E-state index is 11.4. The van der Waals surface area contributed by atoms with Gasteiger partial charge in [0.2, 0.25) is 0 Å². The van der Waals surface area contributed by atoms with Crippen molar-refractivity contribution in [2.75, 3.05) is 0 Å². The van der Waals surface area contributed by atoms with Crippen molar-refractivity contribution in [1.29, 1.82) is 0 Å². The van der Waals surface area contributed by atoms with Gasteiger partial charge in [0.1, 0.15) is 23.7 Å². The van der Waals surface area contributed by atoms with E-state index >= 15 is 0 Å². The third-order valence-corrected chi connectivity index (χ3v) is 5.52. The summed E-state index contributed by atoms with van der Waals surface area (Å²) >= 11 is 0. The standard InChI is InChI=1S/C10H16O2.C9H14O3/c1-5-8-7(3)10(4,6-2)9(11)12-8;1-4-6-7(10)9(3,5-2)8(11)12-6/h6-8H,2,5H2,1,3-4H3;5-7,10H,2,4H2,1,3H3/t7-,8-,10-;6-,7-,9-/m11/s1. The van der Waals surface area contributed by atoms with Gasteiger partial charge >= 0.3 is 11.9 Å². The van der Waals surface area contributed by atoms with Gasteiger partial charge < -0.3 is 14.6 Å². The number of carbonyl (C=O) groups excluding carboxylic acids is 2. The minimum atomic E-state index is -0.916. The topological polar surface area (TPSA) is 72.8 Å². The molecule has 0 aromatic rings. The summed E-state index contributed by atoms with van der Waals surface area (Å²) in [6.07, 6.45) is 3.62. The van der Waals surface area contributed by atoms with E-state index in [4.69, 9.17) is 9.47 Å². The maximum Gasteiger partial charge on any atom is 0.318 e. The van der Waals surface area contributed by atoms with Crippen molar-refractivity contribution in [2.24, 2.45) is 16.7 Å². The van der Waals surface area contributed by atoms with Crippen LogP contribution >= 0.6 is 0 Å². The molecule has 1 N–H and O–H groups in total. The Morgan fingerprint density at radius 1 is 1.00 bits per heavy atom. The van der Waals surface area contributed by atoms with Crippen molar-refractivity contribution < 1.29 is 24.2 Å². The van der Waals surface area contributed by atoms with Crippen LogP contribution in [0.2, 0.25) is 0 Å². The first-order valence-electron chi connectivity index (χ1n) is 8.49. The van der Waals surface area contributed by atoms with Gasteiger partial charge in [-0.3, -0.25) is 9.59 Å². The molecule has 5 nitrogen and oxygen atoms in total. The SMILES string of the molecule is C=C[C@@]1(C)C(=O)O[C@H](CC)[C@H]1C.C=C[C@@]1(C)C(=O)O[C@H](CC)[C@H]1O. The Hall–Kier alpha value is -1.62. The van der Waals surface area contributed by atoms with Gasteiger partial charge in [-0.05, 0) is 26.7 Å². The van der Waals surface area contributed by atoms with E-state index in [2.05, 4.69) is 13.2 Å². The molecule has 5 heteroatoms. The lowest BCUT2D eigenvalue weighted by atomic mass is 9.77. The molecule has 0 aromatic heterocycles. The maximum atomic E-state index is 11.4. The summed E-state index contributed by atoms with van der Waals surface area (Å²) in [6.45, 7) is 16.7. The second-order valence-corrected chi connectivity index (χ2v) is 6.91. The van der Waals surface area contributed by atoms with Crippen molar-refractivity contribution >= 4 is 11.9 Å². The Morgan fingerprint density at radius 2 is 1.42 bits per heavy atom. The summed E-state index contributed by atoms with van der Waals surface area (Å²) in [4.78, 5) is 22.7. The molecule has 6 atom stereocenters. The van der Waals surface area contributed by atoms with Crippen LogP contribution in [0.1, 0.15) is 47.5 Å². The number of esters is 2. The Morgan fingerprint density at radius 3 is 1.67 bits per heavy atom. The van der Waals surface area contributed by atoms with Crippen LogP contribution < -0.4 is 0 Å². The molecule has 24 heavy (non-hydrogen) atoms. The largest absolute Gasteiger partial charge is 0.461 e. The van der Waals surface area contributed by atoms with Gasteiger partial charge in [0.05, 0.1) is 5.41 Å². The average Bonchev–Trinajstić information content (AvgIpc) is 2.95. The van der Waals surface area contributed by atoms with E-state index in [0.717, 1.165) is 6.42 Å².